The molecule has 0 heterocycles. The van der Waals surface area contributed by atoms with Crippen LogP contribution in [0.2, 0.25) is 0 Å². The van der Waals surface area contributed by atoms with Crippen LogP contribution in [0.5, 0.6) is 0 Å². The molecule has 0 aliphatic rings. The Hall–Kier alpha value is -0.120. The summed E-state index contributed by atoms with van der Waals surface area (Å²) in [7, 11) is 0. The van der Waals surface area contributed by atoms with Crippen LogP contribution in [0.15, 0.2) is 0 Å². The van der Waals surface area contributed by atoms with E-state index in [4.69, 9.17) is 10.9 Å². The van der Waals surface area contributed by atoms with E-state index in [1.165, 1.54) is 0 Å². The van der Waals surface area contributed by atoms with Crippen LogP contribution in [0.1, 0.15) is 13.8 Å². The normalized spacial score (nSPS) is 14.6. The van der Waals surface area contributed by atoms with Crippen LogP contribution in [0.3, 0.4) is 0 Å². The number of nitrogens with two attached hydrogens (primary N) is 1. The quantitative estimate of drug-likeness (QED) is 0.345. The predicted molar refractivity (Wildman–Crippen MR) is 33.0 cm³/mol. The van der Waals surface area contributed by atoms with Gasteiger partial charge >= 0.3 is 0 Å². The second-order valence-electron chi connectivity index (χ2n) is 2.20. The SMILES string of the molecule is CC(C)[C@@H](CO)NN. The Balaban J connectivity index is 3.35. The molecule has 0 rings (SSSR count). The number of aliphatic hydroxyl groups is 1. The molecule has 0 spiro atoms. The standard InChI is InChI=1S/C5H14N2O/c1-4(2)5(3-8)7-6/h4-5,7-8H,3,6H2,1-2H3/t5-/m1/s1. The maximum absolute atomic E-state index is 8.55. The first-order valence-corrected chi connectivity index (χ1v) is 2.79. The third-order valence-electron chi connectivity index (χ3n) is 1.22. The first-order chi connectivity index (χ1) is 3.72. The van der Waals surface area contributed by atoms with E-state index < -0.39 is 0 Å². The van der Waals surface area contributed by atoms with Crippen molar-refractivity contribution in [2.45, 2.75) is 19.9 Å². The molecule has 4 N–H and O–H groups in total. The first kappa shape index (κ1) is 7.88. The zero-order chi connectivity index (χ0) is 6.57. The van der Waals surface area contributed by atoms with E-state index in [1.807, 2.05) is 13.8 Å². The lowest BCUT2D eigenvalue weighted by Crippen LogP contribution is -2.41. The van der Waals surface area contributed by atoms with E-state index in [2.05, 4.69) is 5.43 Å². The minimum atomic E-state index is 0.0370. The fourth-order valence-electron chi connectivity index (χ4n) is 0.456. The highest BCUT2D eigenvalue weighted by molar-refractivity contribution is 4.64. The highest BCUT2D eigenvalue weighted by Crippen LogP contribution is 1.97. The number of nitrogens with one attached hydrogen (secondary N) is 1. The van der Waals surface area contributed by atoms with Gasteiger partial charge in [0.05, 0.1) is 6.61 Å². The summed E-state index contributed by atoms with van der Waals surface area (Å²) in [4.78, 5) is 0. The van der Waals surface area contributed by atoms with Gasteiger partial charge in [-0.25, -0.2) is 0 Å². The topological polar surface area (TPSA) is 58.3 Å². The van der Waals surface area contributed by atoms with Gasteiger partial charge in [0.2, 0.25) is 0 Å². The van der Waals surface area contributed by atoms with Crippen LogP contribution in [0, 0.1) is 5.92 Å². The molecule has 0 aliphatic carbocycles. The predicted octanol–water partition coefficient (Wildman–Crippen LogP) is -0.533. The molecular formula is C5H14N2O. The molecule has 0 unspecified atom stereocenters. The summed E-state index contributed by atoms with van der Waals surface area (Å²) in [5.74, 6) is 5.47. The summed E-state index contributed by atoms with van der Waals surface area (Å²) >= 11 is 0. The van der Waals surface area contributed by atoms with Gasteiger partial charge in [0, 0.05) is 6.04 Å². The Kier molecular flexibility index (Phi) is 3.77. The van der Waals surface area contributed by atoms with Crippen molar-refractivity contribution in [3.63, 3.8) is 0 Å². The van der Waals surface area contributed by atoms with Crippen molar-refractivity contribution < 1.29 is 5.11 Å². The second-order valence-corrected chi connectivity index (χ2v) is 2.20. The van der Waals surface area contributed by atoms with Crippen molar-refractivity contribution in [3.8, 4) is 0 Å². The first-order valence-electron chi connectivity index (χ1n) is 2.79. The highest BCUT2D eigenvalue weighted by Gasteiger charge is 2.07. The summed E-state index contributed by atoms with van der Waals surface area (Å²) in [5, 5.41) is 8.55. The number of hydrogen-bond acceptors (Lipinski definition) is 3. The molecule has 0 amide bonds. The minimum absolute atomic E-state index is 0.0370. The molecule has 0 fully saturated rings. The molecule has 0 bridgehead atoms. The van der Waals surface area contributed by atoms with Crippen LogP contribution >= 0.6 is 0 Å². The highest BCUT2D eigenvalue weighted by atomic mass is 16.3. The monoisotopic (exact) mass is 118 g/mol. The average Bonchev–Trinajstić information content (AvgIpc) is 1.69. The fraction of sp³-hybridized carbons (Fsp3) is 1.00. The number of hydrazine groups is 1. The van der Waals surface area contributed by atoms with Gasteiger partial charge in [0.1, 0.15) is 0 Å². The van der Waals surface area contributed by atoms with E-state index >= 15 is 0 Å². The van der Waals surface area contributed by atoms with Gasteiger partial charge in [-0.3, -0.25) is 11.3 Å². The minimum Gasteiger partial charge on any atom is -0.395 e. The van der Waals surface area contributed by atoms with Gasteiger partial charge in [0.25, 0.3) is 0 Å². The maximum Gasteiger partial charge on any atom is 0.0600 e. The van der Waals surface area contributed by atoms with Gasteiger partial charge in [-0.2, -0.15) is 0 Å². The molecule has 0 aromatic rings. The Bertz CT molecular complexity index is 52.4. The molecule has 0 aromatic heterocycles. The third kappa shape index (κ3) is 2.26. The van der Waals surface area contributed by atoms with E-state index in [-0.39, 0.29) is 12.6 Å². The Morgan fingerprint density at radius 2 is 2.12 bits per heavy atom. The van der Waals surface area contributed by atoms with E-state index in [0.717, 1.165) is 0 Å². The zero-order valence-corrected chi connectivity index (χ0v) is 5.39. The lowest BCUT2D eigenvalue weighted by Gasteiger charge is -2.15. The van der Waals surface area contributed by atoms with Crippen molar-refractivity contribution in [3.05, 3.63) is 0 Å². The van der Waals surface area contributed by atoms with Crippen LogP contribution in [-0.2, 0) is 0 Å². The molecule has 8 heavy (non-hydrogen) atoms. The van der Waals surface area contributed by atoms with Gasteiger partial charge in [-0.15, -0.1) is 0 Å². The maximum atomic E-state index is 8.55. The fourth-order valence-corrected chi connectivity index (χ4v) is 0.456. The smallest absolute Gasteiger partial charge is 0.0600 e. The van der Waals surface area contributed by atoms with Crippen molar-refractivity contribution in [1.82, 2.24) is 5.43 Å². The third-order valence-corrected chi connectivity index (χ3v) is 1.22. The summed E-state index contributed by atoms with van der Waals surface area (Å²) in [6.45, 7) is 4.11. The zero-order valence-electron chi connectivity index (χ0n) is 5.39. The molecule has 0 saturated carbocycles. The molecule has 50 valence electrons. The van der Waals surface area contributed by atoms with E-state index in [1.54, 1.807) is 0 Å². The van der Waals surface area contributed by atoms with Crippen molar-refractivity contribution >= 4 is 0 Å². The van der Waals surface area contributed by atoms with Gasteiger partial charge in [-0.1, -0.05) is 13.8 Å². The Morgan fingerprint density at radius 1 is 1.62 bits per heavy atom. The van der Waals surface area contributed by atoms with Crippen LogP contribution < -0.4 is 11.3 Å². The van der Waals surface area contributed by atoms with E-state index in [9.17, 15) is 0 Å². The Morgan fingerprint density at radius 3 is 2.12 bits per heavy atom. The van der Waals surface area contributed by atoms with Crippen LogP contribution in [0.4, 0.5) is 0 Å². The summed E-state index contributed by atoms with van der Waals surface area (Å²) in [5.41, 5.74) is 2.50. The lowest BCUT2D eigenvalue weighted by molar-refractivity contribution is 0.212. The van der Waals surface area contributed by atoms with E-state index in [0.29, 0.717) is 5.92 Å². The summed E-state index contributed by atoms with van der Waals surface area (Å²) < 4.78 is 0. The average molecular weight is 118 g/mol. The molecule has 0 radical (unpaired) electrons. The van der Waals surface area contributed by atoms with Crippen molar-refractivity contribution in [2.24, 2.45) is 11.8 Å². The second kappa shape index (κ2) is 3.83. The van der Waals surface area contributed by atoms with Crippen LogP contribution in [0.25, 0.3) is 0 Å². The molecule has 3 heteroatoms. The lowest BCUT2D eigenvalue weighted by atomic mass is 10.1. The molecule has 1 atom stereocenters. The van der Waals surface area contributed by atoms with Gasteiger partial charge in [-0.05, 0) is 5.92 Å². The Labute approximate surface area is 49.9 Å². The van der Waals surface area contributed by atoms with Crippen LogP contribution in [-0.4, -0.2) is 17.8 Å². The molecule has 3 nitrogen and oxygen atoms in total. The number of hydrogen-bond donors (Lipinski definition) is 3. The molecule has 0 aliphatic heterocycles. The van der Waals surface area contributed by atoms with Gasteiger partial charge < -0.3 is 5.11 Å². The number of aliphatic hydroxyl groups excluding tert-OH is 1. The molecular weight excluding hydrogens is 104 g/mol. The molecule has 0 saturated heterocycles. The summed E-state index contributed by atoms with van der Waals surface area (Å²) in [6.07, 6.45) is 0. The summed E-state index contributed by atoms with van der Waals surface area (Å²) in [6, 6.07) is 0.0370. The van der Waals surface area contributed by atoms with Gasteiger partial charge in [0.15, 0.2) is 0 Å². The van der Waals surface area contributed by atoms with Crippen molar-refractivity contribution in [1.29, 1.82) is 0 Å². The number of rotatable bonds is 3. The molecule has 0 aromatic carbocycles. The largest absolute Gasteiger partial charge is 0.395 e. The van der Waals surface area contributed by atoms with Crippen molar-refractivity contribution in [2.75, 3.05) is 6.61 Å².